The highest BCUT2D eigenvalue weighted by molar-refractivity contribution is 6.00. The summed E-state index contributed by atoms with van der Waals surface area (Å²) in [6.45, 7) is 8.63. The van der Waals surface area contributed by atoms with Crippen molar-refractivity contribution < 1.29 is 4.79 Å². The zero-order valence-electron chi connectivity index (χ0n) is 11.1. The fourth-order valence-corrected chi connectivity index (χ4v) is 2.41. The van der Waals surface area contributed by atoms with E-state index in [1.807, 2.05) is 24.0 Å². The van der Waals surface area contributed by atoms with Gasteiger partial charge in [0.25, 0.3) is 5.91 Å². The number of anilines is 1. The summed E-state index contributed by atoms with van der Waals surface area (Å²) in [5.74, 6) is 0.0707. The summed E-state index contributed by atoms with van der Waals surface area (Å²) in [5.41, 5.74) is 8.13. The number of likely N-dealkylation sites (N-methyl/N-ethyl adjacent to an activating group) is 1. The highest BCUT2D eigenvalue weighted by Gasteiger charge is 2.23. The maximum absolute atomic E-state index is 12.5. The maximum atomic E-state index is 12.5. The number of hydrogen-bond acceptors (Lipinski definition) is 3. The smallest absolute Gasteiger partial charge is 0.256 e. The van der Waals surface area contributed by atoms with E-state index < -0.39 is 0 Å². The Morgan fingerprint density at radius 2 is 1.94 bits per heavy atom. The first-order valence-electron chi connectivity index (χ1n) is 6.50. The highest BCUT2D eigenvalue weighted by Crippen LogP contribution is 2.19. The summed E-state index contributed by atoms with van der Waals surface area (Å²) in [6.07, 6.45) is 0. The van der Waals surface area contributed by atoms with E-state index in [1.54, 1.807) is 6.07 Å². The Bertz CT molecular complexity index is 416. The van der Waals surface area contributed by atoms with Crippen molar-refractivity contribution in [2.45, 2.75) is 13.8 Å². The van der Waals surface area contributed by atoms with Crippen molar-refractivity contribution in [3.8, 4) is 0 Å². The van der Waals surface area contributed by atoms with Gasteiger partial charge in [-0.1, -0.05) is 19.1 Å². The van der Waals surface area contributed by atoms with Crippen molar-refractivity contribution in [3.05, 3.63) is 29.3 Å². The van der Waals surface area contributed by atoms with Crippen molar-refractivity contribution in [1.82, 2.24) is 9.80 Å². The molecule has 1 fully saturated rings. The number of aryl methyl sites for hydroxylation is 1. The first-order chi connectivity index (χ1) is 8.63. The molecule has 0 aliphatic carbocycles. The summed E-state index contributed by atoms with van der Waals surface area (Å²) in [4.78, 5) is 16.7. The van der Waals surface area contributed by atoms with E-state index in [0.717, 1.165) is 38.3 Å². The standard InChI is InChI=1S/C14H21N3O/c1-3-16-7-9-17(10-8-16)14(18)13-11(2)5-4-6-12(13)15/h4-6H,3,7-10,15H2,1-2H3. The van der Waals surface area contributed by atoms with Crippen molar-refractivity contribution in [3.63, 3.8) is 0 Å². The lowest BCUT2D eigenvalue weighted by Crippen LogP contribution is -2.48. The van der Waals surface area contributed by atoms with Crippen LogP contribution in [-0.4, -0.2) is 48.4 Å². The number of benzene rings is 1. The zero-order valence-corrected chi connectivity index (χ0v) is 11.1. The molecule has 1 aromatic carbocycles. The molecule has 0 bridgehead atoms. The monoisotopic (exact) mass is 247 g/mol. The third-order valence-corrected chi connectivity index (χ3v) is 3.63. The van der Waals surface area contributed by atoms with Crippen LogP contribution in [-0.2, 0) is 0 Å². The van der Waals surface area contributed by atoms with Crippen molar-refractivity contribution in [2.75, 3.05) is 38.5 Å². The van der Waals surface area contributed by atoms with Gasteiger partial charge in [-0.05, 0) is 25.1 Å². The topological polar surface area (TPSA) is 49.6 Å². The Kier molecular flexibility index (Phi) is 3.87. The van der Waals surface area contributed by atoms with Gasteiger partial charge in [0.05, 0.1) is 5.56 Å². The molecular formula is C14H21N3O. The van der Waals surface area contributed by atoms with Crippen LogP contribution in [0, 0.1) is 6.92 Å². The van der Waals surface area contributed by atoms with Crippen LogP contribution in [0.15, 0.2) is 18.2 Å². The van der Waals surface area contributed by atoms with Crippen LogP contribution in [0.1, 0.15) is 22.8 Å². The molecule has 2 rings (SSSR count). The minimum absolute atomic E-state index is 0.0707. The number of carbonyl (C=O) groups is 1. The van der Waals surface area contributed by atoms with Crippen LogP contribution in [0.2, 0.25) is 0 Å². The molecular weight excluding hydrogens is 226 g/mol. The maximum Gasteiger partial charge on any atom is 0.256 e. The second-order valence-electron chi connectivity index (χ2n) is 4.77. The molecule has 1 saturated heterocycles. The fraction of sp³-hybridized carbons (Fsp3) is 0.500. The summed E-state index contributed by atoms with van der Waals surface area (Å²) in [6, 6.07) is 5.62. The lowest BCUT2D eigenvalue weighted by atomic mass is 10.0. The number of rotatable bonds is 2. The van der Waals surface area contributed by atoms with Gasteiger partial charge in [0.15, 0.2) is 0 Å². The predicted molar refractivity (Wildman–Crippen MR) is 73.6 cm³/mol. The van der Waals surface area contributed by atoms with Crippen LogP contribution >= 0.6 is 0 Å². The molecule has 0 aromatic heterocycles. The largest absolute Gasteiger partial charge is 0.398 e. The lowest BCUT2D eigenvalue weighted by molar-refractivity contribution is 0.0644. The normalized spacial score (nSPS) is 16.9. The quantitative estimate of drug-likeness (QED) is 0.803. The van der Waals surface area contributed by atoms with Crippen molar-refractivity contribution >= 4 is 11.6 Å². The SMILES string of the molecule is CCN1CCN(C(=O)c2c(C)cccc2N)CC1. The van der Waals surface area contributed by atoms with Gasteiger partial charge in [-0.2, -0.15) is 0 Å². The Morgan fingerprint density at radius 3 is 2.50 bits per heavy atom. The molecule has 4 nitrogen and oxygen atoms in total. The molecule has 18 heavy (non-hydrogen) atoms. The van der Waals surface area contributed by atoms with E-state index in [9.17, 15) is 4.79 Å². The lowest BCUT2D eigenvalue weighted by Gasteiger charge is -2.34. The molecule has 1 amide bonds. The van der Waals surface area contributed by atoms with Gasteiger partial charge in [0.2, 0.25) is 0 Å². The van der Waals surface area contributed by atoms with Gasteiger partial charge in [-0.3, -0.25) is 4.79 Å². The fourth-order valence-electron chi connectivity index (χ4n) is 2.41. The molecule has 2 N–H and O–H groups in total. The van der Waals surface area contributed by atoms with Gasteiger partial charge < -0.3 is 15.5 Å². The molecule has 0 saturated carbocycles. The van der Waals surface area contributed by atoms with Crippen molar-refractivity contribution in [1.29, 1.82) is 0 Å². The minimum Gasteiger partial charge on any atom is -0.398 e. The number of hydrogen-bond donors (Lipinski definition) is 1. The summed E-state index contributed by atoms with van der Waals surface area (Å²) >= 11 is 0. The second-order valence-corrected chi connectivity index (χ2v) is 4.77. The van der Waals surface area contributed by atoms with Crippen LogP contribution < -0.4 is 5.73 Å². The average Bonchev–Trinajstić information content (AvgIpc) is 2.38. The van der Waals surface area contributed by atoms with Crippen LogP contribution in [0.3, 0.4) is 0 Å². The third-order valence-electron chi connectivity index (χ3n) is 3.63. The van der Waals surface area contributed by atoms with Gasteiger partial charge in [-0.15, -0.1) is 0 Å². The molecule has 4 heteroatoms. The molecule has 0 radical (unpaired) electrons. The summed E-state index contributed by atoms with van der Waals surface area (Å²) in [7, 11) is 0. The van der Waals surface area contributed by atoms with E-state index >= 15 is 0 Å². The second kappa shape index (κ2) is 5.40. The molecule has 98 valence electrons. The Balaban J connectivity index is 2.13. The van der Waals surface area contributed by atoms with Crippen LogP contribution in [0.5, 0.6) is 0 Å². The van der Waals surface area contributed by atoms with Crippen LogP contribution in [0.25, 0.3) is 0 Å². The molecule has 0 unspecified atom stereocenters. The number of piperazine rings is 1. The number of carbonyl (C=O) groups excluding carboxylic acids is 1. The molecule has 0 atom stereocenters. The van der Waals surface area contributed by atoms with Gasteiger partial charge in [-0.25, -0.2) is 0 Å². The van der Waals surface area contributed by atoms with Gasteiger partial charge >= 0.3 is 0 Å². The van der Waals surface area contributed by atoms with Gasteiger partial charge in [0.1, 0.15) is 0 Å². The predicted octanol–water partition coefficient (Wildman–Crippen LogP) is 1.35. The van der Waals surface area contributed by atoms with Gasteiger partial charge in [0, 0.05) is 31.9 Å². The average molecular weight is 247 g/mol. The van der Waals surface area contributed by atoms with Crippen molar-refractivity contribution in [2.24, 2.45) is 0 Å². The van der Waals surface area contributed by atoms with E-state index in [0.29, 0.717) is 11.3 Å². The van der Waals surface area contributed by atoms with E-state index in [-0.39, 0.29) is 5.91 Å². The molecule has 1 aromatic rings. The minimum atomic E-state index is 0.0707. The Morgan fingerprint density at radius 1 is 1.28 bits per heavy atom. The molecule has 1 heterocycles. The number of nitrogens with two attached hydrogens (primary N) is 1. The zero-order chi connectivity index (χ0) is 13.1. The number of nitrogen functional groups attached to an aromatic ring is 1. The summed E-state index contributed by atoms with van der Waals surface area (Å²) < 4.78 is 0. The molecule has 0 spiro atoms. The van der Waals surface area contributed by atoms with Crippen LogP contribution in [0.4, 0.5) is 5.69 Å². The Hall–Kier alpha value is -1.55. The number of amides is 1. The third kappa shape index (κ3) is 2.48. The first-order valence-corrected chi connectivity index (χ1v) is 6.50. The Labute approximate surface area is 108 Å². The van der Waals surface area contributed by atoms with E-state index in [1.165, 1.54) is 0 Å². The van der Waals surface area contributed by atoms with E-state index in [4.69, 9.17) is 5.73 Å². The number of nitrogens with zero attached hydrogens (tertiary/aromatic N) is 2. The highest BCUT2D eigenvalue weighted by atomic mass is 16.2. The molecule has 1 aliphatic heterocycles. The summed E-state index contributed by atoms with van der Waals surface area (Å²) in [5, 5.41) is 0. The van der Waals surface area contributed by atoms with E-state index in [2.05, 4.69) is 11.8 Å². The first kappa shape index (κ1) is 12.9. The molecule has 1 aliphatic rings.